The number of benzene rings is 1. The van der Waals surface area contributed by atoms with Gasteiger partial charge in [0.2, 0.25) is 0 Å². The third kappa shape index (κ3) is 1.98. The van der Waals surface area contributed by atoms with Crippen LogP contribution in [0.25, 0.3) is 5.69 Å². The van der Waals surface area contributed by atoms with Gasteiger partial charge < -0.3 is 4.74 Å². The molecule has 0 aliphatic rings. The van der Waals surface area contributed by atoms with Crippen LogP contribution in [-0.2, 0) is 0 Å². The highest BCUT2D eigenvalue weighted by Crippen LogP contribution is 2.15. The second-order valence-electron chi connectivity index (χ2n) is 3.21. The van der Waals surface area contributed by atoms with Gasteiger partial charge in [0.15, 0.2) is 0 Å². The summed E-state index contributed by atoms with van der Waals surface area (Å²) in [4.78, 5) is 0. The molecule has 0 unspecified atom stereocenters. The normalized spacial score (nSPS) is 10.3. The van der Waals surface area contributed by atoms with Crippen molar-refractivity contribution in [2.45, 2.75) is 13.8 Å². The molecule has 2 rings (SSSR count). The van der Waals surface area contributed by atoms with Gasteiger partial charge in [0, 0.05) is 0 Å². The van der Waals surface area contributed by atoms with E-state index in [1.807, 2.05) is 38.1 Å². The number of rotatable bonds is 3. The van der Waals surface area contributed by atoms with Crippen LogP contribution in [0.5, 0.6) is 5.75 Å². The zero-order valence-electron chi connectivity index (χ0n) is 8.84. The molecule has 0 saturated heterocycles. The minimum absolute atomic E-state index is 0.682. The summed E-state index contributed by atoms with van der Waals surface area (Å²) >= 11 is 0. The van der Waals surface area contributed by atoms with Gasteiger partial charge in [-0.05, 0) is 38.1 Å². The zero-order chi connectivity index (χ0) is 10.7. The van der Waals surface area contributed by atoms with E-state index in [0.29, 0.717) is 6.61 Å². The zero-order valence-corrected chi connectivity index (χ0v) is 8.84. The van der Waals surface area contributed by atoms with E-state index < -0.39 is 0 Å². The van der Waals surface area contributed by atoms with Crippen LogP contribution in [0.3, 0.4) is 0 Å². The van der Waals surface area contributed by atoms with Gasteiger partial charge in [-0.1, -0.05) is 5.21 Å². The lowest BCUT2D eigenvalue weighted by molar-refractivity contribution is 0.340. The number of nitrogens with zero attached hydrogens (tertiary/aromatic N) is 3. The van der Waals surface area contributed by atoms with Gasteiger partial charge in [-0.2, -0.15) is 0 Å². The molecule has 2 aromatic rings. The summed E-state index contributed by atoms with van der Waals surface area (Å²) in [6, 6.07) is 7.79. The first-order valence-corrected chi connectivity index (χ1v) is 4.92. The average Bonchev–Trinajstić information content (AvgIpc) is 2.66. The second kappa shape index (κ2) is 4.13. The Hall–Kier alpha value is -1.84. The molecule has 0 N–H and O–H groups in total. The van der Waals surface area contributed by atoms with Crippen molar-refractivity contribution in [3.63, 3.8) is 0 Å². The summed E-state index contributed by atoms with van der Waals surface area (Å²) in [5.74, 6) is 0.874. The number of aromatic nitrogens is 3. The van der Waals surface area contributed by atoms with Gasteiger partial charge in [-0.15, -0.1) is 5.10 Å². The summed E-state index contributed by atoms with van der Waals surface area (Å²) in [5.41, 5.74) is 2.01. The van der Waals surface area contributed by atoms with Gasteiger partial charge in [-0.3, -0.25) is 0 Å². The molecule has 0 fully saturated rings. The summed E-state index contributed by atoms with van der Waals surface area (Å²) in [7, 11) is 0. The molecule has 0 aliphatic heterocycles. The lowest BCUT2D eigenvalue weighted by Gasteiger charge is -2.05. The van der Waals surface area contributed by atoms with Crippen molar-refractivity contribution >= 4 is 0 Å². The third-order valence-corrected chi connectivity index (χ3v) is 2.11. The van der Waals surface area contributed by atoms with E-state index in [2.05, 4.69) is 10.3 Å². The SMILES string of the molecule is CCOc1ccc(-n2nncc2C)cc1. The van der Waals surface area contributed by atoms with Crippen LogP contribution < -0.4 is 4.74 Å². The molecule has 0 amide bonds. The standard InChI is InChI=1S/C11H13N3O/c1-3-15-11-6-4-10(5-7-11)14-9(2)8-12-13-14/h4-8H,3H2,1-2H3. The highest BCUT2D eigenvalue weighted by atomic mass is 16.5. The molecule has 1 heterocycles. The van der Waals surface area contributed by atoms with Crippen molar-refractivity contribution in [3.8, 4) is 11.4 Å². The van der Waals surface area contributed by atoms with Crippen molar-refractivity contribution in [2.75, 3.05) is 6.61 Å². The van der Waals surface area contributed by atoms with Crippen LogP contribution in [0.1, 0.15) is 12.6 Å². The van der Waals surface area contributed by atoms with E-state index in [1.165, 1.54) is 0 Å². The topological polar surface area (TPSA) is 39.9 Å². The Balaban J connectivity index is 2.28. The molecular weight excluding hydrogens is 190 g/mol. The van der Waals surface area contributed by atoms with Crippen LogP contribution in [0.15, 0.2) is 30.5 Å². The number of hydrogen-bond acceptors (Lipinski definition) is 3. The largest absolute Gasteiger partial charge is 0.494 e. The number of aryl methyl sites for hydroxylation is 1. The van der Waals surface area contributed by atoms with Crippen LogP contribution in [0.4, 0.5) is 0 Å². The predicted octanol–water partition coefficient (Wildman–Crippen LogP) is 1.97. The van der Waals surface area contributed by atoms with Gasteiger partial charge in [0.05, 0.1) is 24.2 Å². The van der Waals surface area contributed by atoms with E-state index in [1.54, 1.807) is 10.9 Å². The number of ether oxygens (including phenoxy) is 1. The quantitative estimate of drug-likeness (QED) is 0.765. The van der Waals surface area contributed by atoms with Gasteiger partial charge >= 0.3 is 0 Å². The molecule has 0 spiro atoms. The van der Waals surface area contributed by atoms with Crippen molar-refractivity contribution in [3.05, 3.63) is 36.2 Å². The van der Waals surface area contributed by atoms with Crippen LogP contribution in [0, 0.1) is 6.92 Å². The molecule has 4 nitrogen and oxygen atoms in total. The molecule has 1 aromatic heterocycles. The average molecular weight is 203 g/mol. The Bertz CT molecular complexity index is 433. The van der Waals surface area contributed by atoms with Gasteiger partial charge in [0.1, 0.15) is 5.75 Å². The first kappa shape index (κ1) is 9.71. The Morgan fingerprint density at radius 1 is 1.27 bits per heavy atom. The fourth-order valence-corrected chi connectivity index (χ4v) is 1.39. The molecule has 1 aromatic carbocycles. The molecule has 0 atom stereocenters. The number of hydrogen-bond donors (Lipinski definition) is 0. The molecule has 15 heavy (non-hydrogen) atoms. The van der Waals surface area contributed by atoms with Crippen LogP contribution in [-0.4, -0.2) is 21.6 Å². The van der Waals surface area contributed by atoms with Crippen molar-refractivity contribution < 1.29 is 4.74 Å². The van der Waals surface area contributed by atoms with E-state index in [0.717, 1.165) is 17.1 Å². The van der Waals surface area contributed by atoms with Crippen molar-refractivity contribution in [1.29, 1.82) is 0 Å². The van der Waals surface area contributed by atoms with E-state index in [9.17, 15) is 0 Å². The fourth-order valence-electron chi connectivity index (χ4n) is 1.39. The molecule has 0 bridgehead atoms. The summed E-state index contributed by atoms with van der Waals surface area (Å²) < 4.78 is 7.15. The Morgan fingerprint density at radius 2 is 2.00 bits per heavy atom. The predicted molar refractivity (Wildman–Crippen MR) is 57.3 cm³/mol. The Labute approximate surface area is 88.5 Å². The first-order chi connectivity index (χ1) is 7.31. The molecule has 4 heteroatoms. The summed E-state index contributed by atoms with van der Waals surface area (Å²) in [5, 5.41) is 7.83. The minimum Gasteiger partial charge on any atom is -0.494 e. The Kier molecular flexibility index (Phi) is 2.67. The smallest absolute Gasteiger partial charge is 0.119 e. The minimum atomic E-state index is 0.682. The maximum atomic E-state index is 5.36. The van der Waals surface area contributed by atoms with Gasteiger partial charge in [0.25, 0.3) is 0 Å². The Morgan fingerprint density at radius 3 is 2.53 bits per heavy atom. The molecule has 78 valence electrons. The van der Waals surface area contributed by atoms with E-state index in [-0.39, 0.29) is 0 Å². The fraction of sp³-hybridized carbons (Fsp3) is 0.273. The lowest BCUT2D eigenvalue weighted by Crippen LogP contribution is -1.99. The third-order valence-electron chi connectivity index (χ3n) is 2.11. The highest BCUT2D eigenvalue weighted by Gasteiger charge is 2.01. The molecule has 0 radical (unpaired) electrons. The lowest BCUT2D eigenvalue weighted by atomic mass is 10.3. The van der Waals surface area contributed by atoms with Crippen molar-refractivity contribution in [2.24, 2.45) is 0 Å². The maximum Gasteiger partial charge on any atom is 0.119 e. The summed E-state index contributed by atoms with van der Waals surface area (Å²) in [6.45, 7) is 4.62. The van der Waals surface area contributed by atoms with Crippen LogP contribution in [0.2, 0.25) is 0 Å². The molecule has 0 aliphatic carbocycles. The first-order valence-electron chi connectivity index (χ1n) is 4.92. The second-order valence-corrected chi connectivity index (χ2v) is 3.21. The molecule has 0 saturated carbocycles. The van der Waals surface area contributed by atoms with Crippen molar-refractivity contribution in [1.82, 2.24) is 15.0 Å². The monoisotopic (exact) mass is 203 g/mol. The summed E-state index contributed by atoms with van der Waals surface area (Å²) in [6.07, 6.45) is 1.73. The highest BCUT2D eigenvalue weighted by molar-refractivity contribution is 5.37. The van der Waals surface area contributed by atoms with Crippen LogP contribution >= 0.6 is 0 Å². The van der Waals surface area contributed by atoms with E-state index in [4.69, 9.17) is 4.74 Å². The molecular formula is C11H13N3O. The van der Waals surface area contributed by atoms with Gasteiger partial charge in [-0.25, -0.2) is 4.68 Å². The maximum absolute atomic E-state index is 5.36. The van der Waals surface area contributed by atoms with E-state index >= 15 is 0 Å².